The van der Waals surface area contributed by atoms with Gasteiger partial charge in [0.05, 0.1) is 12.6 Å². The minimum Gasteiger partial charge on any atom is -0.474 e. The normalized spacial score (nSPS) is 18.6. The van der Waals surface area contributed by atoms with Crippen molar-refractivity contribution in [1.82, 2.24) is 9.97 Å². The van der Waals surface area contributed by atoms with E-state index in [2.05, 4.69) is 32.4 Å². The highest BCUT2D eigenvalue weighted by Gasteiger charge is 2.18. The highest BCUT2D eigenvalue weighted by Crippen LogP contribution is 2.27. The van der Waals surface area contributed by atoms with E-state index < -0.39 is 0 Å². The molecule has 142 valence electrons. The predicted molar refractivity (Wildman–Crippen MR) is 109 cm³/mol. The van der Waals surface area contributed by atoms with Gasteiger partial charge in [0.2, 0.25) is 5.88 Å². The molecule has 2 aliphatic rings. The molecule has 0 bridgehead atoms. The van der Waals surface area contributed by atoms with Crippen molar-refractivity contribution < 1.29 is 9.47 Å². The van der Waals surface area contributed by atoms with E-state index in [0.29, 0.717) is 19.0 Å². The molecule has 3 aromatic rings. The zero-order chi connectivity index (χ0) is 18.8. The second-order valence-electron chi connectivity index (χ2n) is 7.15. The van der Waals surface area contributed by atoms with Crippen molar-refractivity contribution in [3.05, 3.63) is 60.0 Å². The molecule has 1 saturated heterocycles. The predicted octanol–water partition coefficient (Wildman–Crippen LogP) is 3.95. The first-order valence-corrected chi connectivity index (χ1v) is 9.76. The summed E-state index contributed by atoms with van der Waals surface area (Å²) in [7, 11) is 0. The highest BCUT2D eigenvalue weighted by molar-refractivity contribution is 6.10. The Bertz CT molecular complexity index is 1030. The third-order valence-corrected chi connectivity index (χ3v) is 5.19. The molecule has 4 heterocycles. The van der Waals surface area contributed by atoms with Crippen LogP contribution in [0.1, 0.15) is 30.5 Å². The Morgan fingerprint density at radius 2 is 2.11 bits per heavy atom. The lowest BCUT2D eigenvalue weighted by Gasteiger charge is -2.22. The number of benzene rings is 1. The lowest BCUT2D eigenvalue weighted by Crippen LogP contribution is -2.26. The molecule has 6 nitrogen and oxygen atoms in total. The Morgan fingerprint density at radius 3 is 3.04 bits per heavy atom. The van der Waals surface area contributed by atoms with Crippen LogP contribution >= 0.6 is 0 Å². The number of fused-ring (bicyclic) bond motifs is 2. The number of rotatable bonds is 4. The summed E-state index contributed by atoms with van der Waals surface area (Å²) in [6.45, 7) is 2.05. The molecule has 6 heteroatoms. The van der Waals surface area contributed by atoms with Gasteiger partial charge < -0.3 is 14.8 Å². The Balaban J connectivity index is 1.34. The quantitative estimate of drug-likeness (QED) is 0.749. The standard InChI is InChI=1S/C22H22N4O2/c1-2-11-27-18(5-1)14-28-22-19-7-6-17(12-15(19)8-10-24-22)26-21-20-16(13-25-21)4-3-9-23-20/h3-4,6-10,12,18H,1-2,5,11,13-14H2,(H,25,26). The Labute approximate surface area is 163 Å². The molecule has 1 fully saturated rings. The summed E-state index contributed by atoms with van der Waals surface area (Å²) in [4.78, 5) is 13.4. The van der Waals surface area contributed by atoms with E-state index in [1.165, 1.54) is 6.42 Å². The van der Waals surface area contributed by atoms with Gasteiger partial charge in [0.25, 0.3) is 0 Å². The van der Waals surface area contributed by atoms with Crippen LogP contribution in [0.4, 0.5) is 5.69 Å². The number of ether oxygens (including phenoxy) is 2. The number of nitrogens with zero attached hydrogens (tertiary/aromatic N) is 3. The number of nitrogens with one attached hydrogen (secondary N) is 1. The molecule has 0 amide bonds. The van der Waals surface area contributed by atoms with E-state index in [1.807, 2.05) is 24.3 Å². The SMILES string of the molecule is c1cnc2c(c1)CN=C2Nc1ccc2c(OCC3CCCCO3)nccc2c1. The number of amidine groups is 1. The summed E-state index contributed by atoms with van der Waals surface area (Å²) >= 11 is 0. The number of hydrogen-bond acceptors (Lipinski definition) is 6. The van der Waals surface area contributed by atoms with Gasteiger partial charge >= 0.3 is 0 Å². The fourth-order valence-electron chi connectivity index (χ4n) is 3.71. The first-order valence-electron chi connectivity index (χ1n) is 9.76. The Morgan fingerprint density at radius 1 is 1.11 bits per heavy atom. The first kappa shape index (κ1) is 17.1. The summed E-state index contributed by atoms with van der Waals surface area (Å²) < 4.78 is 11.7. The summed E-state index contributed by atoms with van der Waals surface area (Å²) in [6.07, 6.45) is 7.15. The molecule has 1 N–H and O–H groups in total. The zero-order valence-corrected chi connectivity index (χ0v) is 15.6. The molecule has 0 saturated carbocycles. The number of aromatic nitrogens is 2. The summed E-state index contributed by atoms with van der Waals surface area (Å²) in [6, 6.07) is 12.2. The van der Waals surface area contributed by atoms with Gasteiger partial charge in [-0.2, -0.15) is 0 Å². The van der Waals surface area contributed by atoms with Crippen LogP contribution in [0.2, 0.25) is 0 Å². The van der Waals surface area contributed by atoms with E-state index >= 15 is 0 Å². The molecule has 28 heavy (non-hydrogen) atoms. The highest BCUT2D eigenvalue weighted by atomic mass is 16.5. The maximum Gasteiger partial charge on any atom is 0.221 e. The lowest BCUT2D eigenvalue weighted by molar-refractivity contribution is -0.0116. The number of pyridine rings is 2. The molecule has 1 aromatic carbocycles. The van der Waals surface area contributed by atoms with Crippen LogP contribution in [0.15, 0.2) is 53.8 Å². The van der Waals surface area contributed by atoms with Crippen LogP contribution in [0.5, 0.6) is 5.88 Å². The monoisotopic (exact) mass is 374 g/mol. The minimum absolute atomic E-state index is 0.166. The molecule has 1 atom stereocenters. The van der Waals surface area contributed by atoms with Crippen LogP contribution in [-0.2, 0) is 11.3 Å². The van der Waals surface area contributed by atoms with Gasteiger partial charge in [-0.1, -0.05) is 6.07 Å². The van der Waals surface area contributed by atoms with Gasteiger partial charge in [0.15, 0.2) is 5.84 Å². The van der Waals surface area contributed by atoms with Crippen molar-refractivity contribution in [3.63, 3.8) is 0 Å². The fourth-order valence-corrected chi connectivity index (χ4v) is 3.71. The smallest absolute Gasteiger partial charge is 0.221 e. The van der Waals surface area contributed by atoms with Gasteiger partial charge in [-0.05, 0) is 55.0 Å². The number of aliphatic imine (C=N–C) groups is 1. The van der Waals surface area contributed by atoms with E-state index in [9.17, 15) is 0 Å². The van der Waals surface area contributed by atoms with E-state index in [4.69, 9.17) is 9.47 Å². The third kappa shape index (κ3) is 3.43. The van der Waals surface area contributed by atoms with Crippen molar-refractivity contribution in [2.24, 2.45) is 4.99 Å². The van der Waals surface area contributed by atoms with Crippen molar-refractivity contribution >= 4 is 22.3 Å². The fraction of sp³-hybridized carbons (Fsp3) is 0.318. The van der Waals surface area contributed by atoms with Crippen molar-refractivity contribution in [1.29, 1.82) is 0 Å². The zero-order valence-electron chi connectivity index (χ0n) is 15.6. The van der Waals surface area contributed by atoms with Crippen LogP contribution in [0.3, 0.4) is 0 Å². The molecule has 0 spiro atoms. The molecular weight excluding hydrogens is 352 g/mol. The van der Waals surface area contributed by atoms with Gasteiger partial charge in [0.1, 0.15) is 12.3 Å². The Hall–Kier alpha value is -2.99. The molecule has 1 unspecified atom stereocenters. The van der Waals surface area contributed by atoms with Crippen LogP contribution < -0.4 is 10.1 Å². The van der Waals surface area contributed by atoms with Crippen molar-refractivity contribution in [2.45, 2.75) is 31.9 Å². The largest absolute Gasteiger partial charge is 0.474 e. The topological polar surface area (TPSA) is 68.6 Å². The first-order chi connectivity index (χ1) is 13.9. The van der Waals surface area contributed by atoms with E-state index in [0.717, 1.165) is 53.0 Å². The van der Waals surface area contributed by atoms with Crippen LogP contribution in [-0.4, -0.2) is 35.1 Å². The minimum atomic E-state index is 0.166. The van der Waals surface area contributed by atoms with Gasteiger partial charge in [-0.3, -0.25) is 9.98 Å². The maximum atomic E-state index is 5.99. The van der Waals surface area contributed by atoms with Gasteiger partial charge in [-0.15, -0.1) is 0 Å². The Kier molecular flexibility index (Phi) is 4.62. The number of anilines is 1. The second-order valence-corrected chi connectivity index (χ2v) is 7.15. The summed E-state index contributed by atoms with van der Waals surface area (Å²) in [5.74, 6) is 1.47. The van der Waals surface area contributed by atoms with Crippen LogP contribution in [0.25, 0.3) is 10.8 Å². The molecule has 2 aromatic heterocycles. The van der Waals surface area contributed by atoms with Gasteiger partial charge in [0, 0.05) is 35.6 Å². The number of hydrogen-bond donors (Lipinski definition) is 1. The van der Waals surface area contributed by atoms with Crippen molar-refractivity contribution in [2.75, 3.05) is 18.5 Å². The third-order valence-electron chi connectivity index (χ3n) is 5.19. The average Bonchev–Trinajstić information content (AvgIpc) is 3.16. The molecule has 5 rings (SSSR count). The van der Waals surface area contributed by atoms with E-state index in [1.54, 1.807) is 12.4 Å². The van der Waals surface area contributed by atoms with Crippen LogP contribution in [0, 0.1) is 0 Å². The van der Waals surface area contributed by atoms with Crippen molar-refractivity contribution in [3.8, 4) is 5.88 Å². The van der Waals surface area contributed by atoms with Gasteiger partial charge in [-0.25, -0.2) is 4.98 Å². The molecule has 0 aliphatic carbocycles. The maximum absolute atomic E-state index is 5.99. The molecular formula is C22H22N4O2. The molecule has 2 aliphatic heterocycles. The summed E-state index contributed by atoms with van der Waals surface area (Å²) in [5, 5.41) is 5.46. The summed E-state index contributed by atoms with van der Waals surface area (Å²) in [5.41, 5.74) is 3.04. The molecule has 0 radical (unpaired) electrons. The average molecular weight is 374 g/mol. The van der Waals surface area contributed by atoms with E-state index in [-0.39, 0.29) is 6.10 Å². The lowest BCUT2D eigenvalue weighted by atomic mass is 10.1. The second kappa shape index (κ2) is 7.56.